The van der Waals surface area contributed by atoms with Crippen LogP contribution in [0.2, 0.25) is 0 Å². The average Bonchev–Trinajstić information content (AvgIpc) is 2.77. The first-order valence-corrected chi connectivity index (χ1v) is 5.92. The second-order valence-corrected chi connectivity index (χ2v) is 4.34. The summed E-state index contributed by atoms with van der Waals surface area (Å²) in [6, 6.07) is 17.5. The lowest BCUT2D eigenvalue weighted by Gasteiger charge is -2.16. The van der Waals surface area contributed by atoms with E-state index in [0.717, 1.165) is 16.7 Å². The maximum atomic E-state index is 10.5. The van der Waals surface area contributed by atoms with Crippen LogP contribution in [0, 0.1) is 11.8 Å². The SMILES string of the molecule is OC1(C#Cc2ccccc2)NCc2ccccc21. The molecule has 0 fully saturated rings. The molecule has 1 aliphatic rings. The van der Waals surface area contributed by atoms with E-state index in [2.05, 4.69) is 17.2 Å². The van der Waals surface area contributed by atoms with Gasteiger partial charge in [0.2, 0.25) is 5.72 Å². The Morgan fingerprint density at radius 3 is 2.56 bits per heavy atom. The zero-order valence-electron chi connectivity index (χ0n) is 9.85. The lowest BCUT2D eigenvalue weighted by Crippen LogP contribution is -2.34. The first kappa shape index (κ1) is 11.0. The van der Waals surface area contributed by atoms with Crippen molar-refractivity contribution in [2.24, 2.45) is 0 Å². The van der Waals surface area contributed by atoms with Gasteiger partial charge in [-0.05, 0) is 23.6 Å². The van der Waals surface area contributed by atoms with E-state index in [1.807, 2.05) is 54.6 Å². The number of hydrogen-bond acceptors (Lipinski definition) is 2. The predicted molar refractivity (Wildman–Crippen MR) is 70.5 cm³/mol. The summed E-state index contributed by atoms with van der Waals surface area (Å²) < 4.78 is 0. The van der Waals surface area contributed by atoms with Crippen molar-refractivity contribution in [2.75, 3.05) is 0 Å². The van der Waals surface area contributed by atoms with Gasteiger partial charge in [-0.15, -0.1) is 0 Å². The van der Waals surface area contributed by atoms with Crippen LogP contribution in [0.15, 0.2) is 54.6 Å². The van der Waals surface area contributed by atoms with E-state index in [-0.39, 0.29) is 0 Å². The van der Waals surface area contributed by atoms with Crippen LogP contribution in [0.5, 0.6) is 0 Å². The molecular weight excluding hydrogens is 222 g/mol. The minimum absolute atomic E-state index is 0.649. The highest BCUT2D eigenvalue weighted by atomic mass is 16.3. The van der Waals surface area contributed by atoms with Gasteiger partial charge < -0.3 is 5.11 Å². The fourth-order valence-corrected chi connectivity index (χ4v) is 2.14. The van der Waals surface area contributed by atoms with Gasteiger partial charge in [-0.25, -0.2) is 0 Å². The molecule has 1 aliphatic heterocycles. The normalized spacial score (nSPS) is 20.9. The molecule has 0 aromatic heterocycles. The molecular formula is C16H13NO. The number of fused-ring (bicyclic) bond motifs is 1. The third kappa shape index (κ3) is 1.91. The molecule has 2 aromatic rings. The molecule has 2 nitrogen and oxygen atoms in total. The van der Waals surface area contributed by atoms with Gasteiger partial charge in [0.25, 0.3) is 0 Å². The third-order valence-electron chi connectivity index (χ3n) is 3.10. The number of hydrogen-bond donors (Lipinski definition) is 2. The van der Waals surface area contributed by atoms with Gasteiger partial charge in [-0.3, -0.25) is 5.32 Å². The Morgan fingerprint density at radius 1 is 1.00 bits per heavy atom. The van der Waals surface area contributed by atoms with Gasteiger partial charge in [0.15, 0.2) is 0 Å². The predicted octanol–water partition coefficient (Wildman–Crippen LogP) is 1.99. The minimum Gasteiger partial charge on any atom is -0.361 e. The molecule has 3 rings (SSSR count). The Morgan fingerprint density at radius 2 is 1.72 bits per heavy atom. The maximum Gasteiger partial charge on any atom is 0.207 e. The molecule has 18 heavy (non-hydrogen) atoms. The van der Waals surface area contributed by atoms with E-state index >= 15 is 0 Å². The van der Waals surface area contributed by atoms with E-state index in [1.165, 1.54) is 0 Å². The van der Waals surface area contributed by atoms with Gasteiger partial charge in [0.05, 0.1) is 0 Å². The van der Waals surface area contributed by atoms with Crippen LogP contribution in [0.1, 0.15) is 16.7 Å². The third-order valence-corrected chi connectivity index (χ3v) is 3.10. The summed E-state index contributed by atoms with van der Waals surface area (Å²) in [7, 11) is 0. The second kappa shape index (κ2) is 4.30. The molecule has 0 radical (unpaired) electrons. The summed E-state index contributed by atoms with van der Waals surface area (Å²) in [5, 5.41) is 13.6. The fraction of sp³-hybridized carbons (Fsp3) is 0.125. The Balaban J connectivity index is 1.97. The number of aliphatic hydroxyl groups is 1. The van der Waals surface area contributed by atoms with Crippen LogP contribution < -0.4 is 5.32 Å². The molecule has 1 heterocycles. The maximum absolute atomic E-state index is 10.5. The first-order valence-electron chi connectivity index (χ1n) is 5.92. The summed E-state index contributed by atoms with van der Waals surface area (Å²) in [5.41, 5.74) is 1.62. The quantitative estimate of drug-likeness (QED) is 0.684. The van der Waals surface area contributed by atoms with Gasteiger partial charge in [-0.1, -0.05) is 48.4 Å². The summed E-state index contributed by atoms with van der Waals surface area (Å²) >= 11 is 0. The monoisotopic (exact) mass is 235 g/mol. The van der Waals surface area contributed by atoms with Crippen molar-refractivity contribution in [2.45, 2.75) is 12.3 Å². The number of rotatable bonds is 0. The topological polar surface area (TPSA) is 32.3 Å². The van der Waals surface area contributed by atoms with E-state index in [0.29, 0.717) is 6.54 Å². The zero-order valence-corrected chi connectivity index (χ0v) is 9.85. The van der Waals surface area contributed by atoms with E-state index < -0.39 is 5.72 Å². The van der Waals surface area contributed by atoms with Crippen molar-refractivity contribution in [1.29, 1.82) is 0 Å². The van der Waals surface area contributed by atoms with Crippen LogP contribution in [0.25, 0.3) is 0 Å². The smallest absolute Gasteiger partial charge is 0.207 e. The van der Waals surface area contributed by atoms with Crippen molar-refractivity contribution < 1.29 is 5.11 Å². The van der Waals surface area contributed by atoms with Gasteiger partial charge in [0, 0.05) is 17.7 Å². The molecule has 1 unspecified atom stereocenters. The zero-order chi connectivity index (χ0) is 12.4. The standard InChI is InChI=1S/C16H13NO/c18-16(11-10-13-6-2-1-3-7-13)15-9-5-4-8-14(15)12-17-16/h1-9,17-18H,12H2. The Kier molecular flexibility index (Phi) is 2.64. The highest BCUT2D eigenvalue weighted by Gasteiger charge is 2.34. The molecule has 2 heteroatoms. The highest BCUT2D eigenvalue weighted by Crippen LogP contribution is 2.28. The lowest BCUT2D eigenvalue weighted by molar-refractivity contribution is 0.0735. The fourth-order valence-electron chi connectivity index (χ4n) is 2.14. The summed E-state index contributed by atoms with van der Waals surface area (Å²) in [4.78, 5) is 0. The van der Waals surface area contributed by atoms with Crippen LogP contribution in [0.3, 0.4) is 0 Å². The molecule has 2 N–H and O–H groups in total. The van der Waals surface area contributed by atoms with Crippen molar-refractivity contribution in [3.05, 3.63) is 71.3 Å². The Hall–Kier alpha value is -2.08. The molecule has 0 saturated heterocycles. The molecule has 2 aromatic carbocycles. The van der Waals surface area contributed by atoms with Gasteiger partial charge in [0.1, 0.15) is 0 Å². The van der Waals surface area contributed by atoms with Crippen molar-refractivity contribution in [3.8, 4) is 11.8 Å². The van der Waals surface area contributed by atoms with Crippen molar-refractivity contribution in [1.82, 2.24) is 5.32 Å². The van der Waals surface area contributed by atoms with E-state index in [9.17, 15) is 5.11 Å². The minimum atomic E-state index is -1.23. The van der Waals surface area contributed by atoms with E-state index in [1.54, 1.807) is 0 Å². The molecule has 88 valence electrons. The Labute approximate surface area is 106 Å². The first-order chi connectivity index (χ1) is 8.78. The molecule has 0 spiro atoms. The molecule has 0 aliphatic carbocycles. The number of nitrogens with one attached hydrogen (secondary N) is 1. The highest BCUT2D eigenvalue weighted by molar-refractivity contribution is 5.44. The second-order valence-electron chi connectivity index (χ2n) is 4.34. The van der Waals surface area contributed by atoms with Crippen LogP contribution in [0.4, 0.5) is 0 Å². The molecule has 0 saturated carbocycles. The molecule has 0 bridgehead atoms. The average molecular weight is 235 g/mol. The Bertz CT molecular complexity index is 624. The van der Waals surface area contributed by atoms with E-state index in [4.69, 9.17) is 0 Å². The number of benzene rings is 2. The summed E-state index contributed by atoms with van der Waals surface area (Å²) in [6.45, 7) is 0.649. The lowest BCUT2D eigenvalue weighted by atomic mass is 10.0. The van der Waals surface area contributed by atoms with Gasteiger partial charge >= 0.3 is 0 Å². The van der Waals surface area contributed by atoms with Crippen molar-refractivity contribution >= 4 is 0 Å². The largest absolute Gasteiger partial charge is 0.361 e. The summed E-state index contributed by atoms with van der Waals surface area (Å²) in [5.74, 6) is 5.93. The molecule has 0 amide bonds. The van der Waals surface area contributed by atoms with Crippen LogP contribution >= 0.6 is 0 Å². The van der Waals surface area contributed by atoms with Crippen molar-refractivity contribution in [3.63, 3.8) is 0 Å². The van der Waals surface area contributed by atoms with Crippen LogP contribution in [-0.2, 0) is 12.3 Å². The summed E-state index contributed by atoms with van der Waals surface area (Å²) in [6.07, 6.45) is 0. The van der Waals surface area contributed by atoms with Gasteiger partial charge in [-0.2, -0.15) is 0 Å². The molecule has 1 atom stereocenters. The van der Waals surface area contributed by atoms with Crippen LogP contribution in [-0.4, -0.2) is 5.11 Å².